The van der Waals surface area contributed by atoms with E-state index < -0.39 is 0 Å². The molecule has 0 aliphatic heterocycles. The molecule has 1 rings (SSSR count). The maximum absolute atomic E-state index is 11.8. The molecule has 1 atom stereocenters. The van der Waals surface area contributed by atoms with Gasteiger partial charge in [0, 0.05) is 17.0 Å². The first-order valence-electron chi connectivity index (χ1n) is 6.07. The van der Waals surface area contributed by atoms with Gasteiger partial charge in [-0.15, -0.1) is 11.3 Å². The van der Waals surface area contributed by atoms with Crippen LogP contribution in [0.1, 0.15) is 32.6 Å². The molecule has 1 aromatic heterocycles. The molecule has 0 saturated heterocycles. The van der Waals surface area contributed by atoms with Crippen molar-refractivity contribution in [2.75, 3.05) is 6.54 Å². The Hall–Kier alpha value is -0.580. The Bertz CT molecular complexity index is 398. The van der Waals surface area contributed by atoms with Gasteiger partial charge in [-0.3, -0.25) is 4.79 Å². The van der Waals surface area contributed by atoms with Gasteiger partial charge in [0.2, 0.25) is 5.91 Å². The summed E-state index contributed by atoms with van der Waals surface area (Å²) in [6.07, 6.45) is 0.893. The number of hydrogen-bond donors (Lipinski definition) is 2. The Kier molecular flexibility index (Phi) is 5.63. The van der Waals surface area contributed by atoms with Gasteiger partial charge in [-0.1, -0.05) is 11.6 Å². The quantitative estimate of drug-likeness (QED) is 0.875. The normalized spacial score (nSPS) is 13.4. The Morgan fingerprint density at radius 1 is 1.44 bits per heavy atom. The number of nitrogens with one attached hydrogen (secondary N) is 2. The van der Waals surface area contributed by atoms with Crippen LogP contribution in [0.25, 0.3) is 0 Å². The van der Waals surface area contributed by atoms with Crippen molar-refractivity contribution in [1.82, 2.24) is 10.6 Å². The second-order valence-corrected chi connectivity index (χ2v) is 7.17. The Morgan fingerprint density at radius 2 is 2.11 bits per heavy atom. The molecule has 18 heavy (non-hydrogen) atoms. The minimum Gasteiger partial charge on any atom is -0.350 e. The lowest BCUT2D eigenvalue weighted by molar-refractivity contribution is -0.124. The highest BCUT2D eigenvalue weighted by atomic mass is 35.5. The van der Waals surface area contributed by atoms with E-state index in [9.17, 15) is 4.79 Å². The largest absolute Gasteiger partial charge is 0.350 e. The van der Waals surface area contributed by atoms with Crippen LogP contribution < -0.4 is 10.6 Å². The van der Waals surface area contributed by atoms with Crippen LogP contribution in [0, 0.1) is 0 Å². The number of carbonyl (C=O) groups excluding carboxylic acids is 1. The van der Waals surface area contributed by atoms with Gasteiger partial charge >= 0.3 is 0 Å². The zero-order valence-electron chi connectivity index (χ0n) is 11.3. The minimum absolute atomic E-state index is 0.0340. The summed E-state index contributed by atoms with van der Waals surface area (Å²) in [6.45, 7) is 8.58. The second kappa shape index (κ2) is 6.55. The molecule has 0 bridgehead atoms. The van der Waals surface area contributed by atoms with Crippen LogP contribution in [0.5, 0.6) is 0 Å². The highest BCUT2D eigenvalue weighted by molar-refractivity contribution is 7.16. The summed E-state index contributed by atoms with van der Waals surface area (Å²) in [6, 6.07) is 3.74. The van der Waals surface area contributed by atoms with E-state index in [0.717, 1.165) is 17.3 Å². The Labute approximate surface area is 118 Å². The zero-order chi connectivity index (χ0) is 13.8. The maximum atomic E-state index is 11.8. The first-order valence-corrected chi connectivity index (χ1v) is 7.27. The SMILES string of the molecule is CC(NCCc1ccc(Cl)s1)C(=O)NC(C)(C)C. The van der Waals surface area contributed by atoms with Crippen LogP contribution >= 0.6 is 22.9 Å². The van der Waals surface area contributed by atoms with Crippen LogP contribution in [0.2, 0.25) is 4.34 Å². The van der Waals surface area contributed by atoms with Gasteiger partial charge in [0.1, 0.15) is 0 Å². The molecular formula is C13H21ClN2OS. The number of hydrogen-bond acceptors (Lipinski definition) is 3. The van der Waals surface area contributed by atoms with Crippen LogP contribution in [0.3, 0.4) is 0 Å². The van der Waals surface area contributed by atoms with E-state index in [1.165, 1.54) is 4.88 Å². The molecule has 5 heteroatoms. The standard InChI is InChI=1S/C13H21ClN2OS/c1-9(12(17)16-13(2,3)4)15-8-7-10-5-6-11(14)18-10/h5-6,9,15H,7-8H2,1-4H3,(H,16,17). The number of rotatable bonds is 5. The first-order chi connectivity index (χ1) is 8.28. The lowest BCUT2D eigenvalue weighted by Crippen LogP contribution is -2.49. The minimum atomic E-state index is -0.186. The lowest BCUT2D eigenvalue weighted by atomic mass is 10.1. The summed E-state index contributed by atoms with van der Waals surface area (Å²) in [7, 11) is 0. The predicted octanol–water partition coefficient (Wildman–Crippen LogP) is 2.84. The van der Waals surface area contributed by atoms with Crippen molar-refractivity contribution in [3.8, 4) is 0 Å². The monoisotopic (exact) mass is 288 g/mol. The first kappa shape index (κ1) is 15.5. The number of thiophene rings is 1. The van der Waals surface area contributed by atoms with Gasteiger partial charge in [-0.05, 0) is 46.2 Å². The molecule has 0 saturated carbocycles. The maximum Gasteiger partial charge on any atom is 0.237 e. The smallest absolute Gasteiger partial charge is 0.237 e. The molecule has 3 nitrogen and oxygen atoms in total. The summed E-state index contributed by atoms with van der Waals surface area (Å²) in [5.41, 5.74) is -0.186. The molecular weight excluding hydrogens is 268 g/mol. The second-order valence-electron chi connectivity index (χ2n) is 5.37. The van der Waals surface area contributed by atoms with E-state index in [1.54, 1.807) is 11.3 Å². The third-order valence-electron chi connectivity index (χ3n) is 2.34. The fourth-order valence-corrected chi connectivity index (χ4v) is 2.56. The summed E-state index contributed by atoms with van der Waals surface area (Å²) in [4.78, 5) is 13.0. The Balaban J connectivity index is 2.28. The van der Waals surface area contributed by atoms with Gasteiger partial charge in [-0.2, -0.15) is 0 Å². The lowest BCUT2D eigenvalue weighted by Gasteiger charge is -2.23. The average Bonchev–Trinajstić information content (AvgIpc) is 2.61. The molecule has 0 fully saturated rings. The third kappa shape index (κ3) is 5.85. The van der Waals surface area contributed by atoms with E-state index in [-0.39, 0.29) is 17.5 Å². The number of carbonyl (C=O) groups is 1. The molecule has 0 aliphatic rings. The fourth-order valence-electron chi connectivity index (χ4n) is 1.47. The third-order valence-corrected chi connectivity index (χ3v) is 3.63. The van der Waals surface area contributed by atoms with Crippen molar-refractivity contribution < 1.29 is 4.79 Å². The molecule has 1 aromatic rings. The van der Waals surface area contributed by atoms with Crippen molar-refractivity contribution in [3.63, 3.8) is 0 Å². The predicted molar refractivity (Wildman–Crippen MR) is 78.4 cm³/mol. The molecule has 1 amide bonds. The van der Waals surface area contributed by atoms with Gasteiger partial charge in [0.25, 0.3) is 0 Å². The van der Waals surface area contributed by atoms with Gasteiger partial charge < -0.3 is 10.6 Å². The average molecular weight is 289 g/mol. The summed E-state index contributed by atoms with van der Waals surface area (Å²) in [5.74, 6) is 0.0340. The van der Waals surface area contributed by atoms with Crippen LogP contribution in [-0.2, 0) is 11.2 Å². The van der Waals surface area contributed by atoms with Crippen molar-refractivity contribution in [2.45, 2.75) is 45.7 Å². The fraction of sp³-hybridized carbons (Fsp3) is 0.615. The topological polar surface area (TPSA) is 41.1 Å². The molecule has 2 N–H and O–H groups in total. The highest BCUT2D eigenvalue weighted by Gasteiger charge is 2.18. The Morgan fingerprint density at radius 3 is 2.61 bits per heavy atom. The van der Waals surface area contributed by atoms with E-state index in [2.05, 4.69) is 10.6 Å². The molecule has 0 aliphatic carbocycles. The van der Waals surface area contributed by atoms with Crippen molar-refractivity contribution in [1.29, 1.82) is 0 Å². The zero-order valence-corrected chi connectivity index (χ0v) is 12.9. The van der Waals surface area contributed by atoms with E-state index in [0.29, 0.717) is 0 Å². The molecule has 102 valence electrons. The van der Waals surface area contributed by atoms with Gasteiger partial charge in [-0.25, -0.2) is 0 Å². The summed E-state index contributed by atoms with van der Waals surface area (Å²) in [5, 5.41) is 6.17. The molecule has 0 spiro atoms. The van der Waals surface area contributed by atoms with E-state index in [1.807, 2.05) is 39.8 Å². The van der Waals surface area contributed by atoms with E-state index >= 15 is 0 Å². The molecule has 0 aromatic carbocycles. The van der Waals surface area contributed by atoms with Crippen molar-refractivity contribution in [3.05, 3.63) is 21.3 Å². The number of amides is 1. The molecule has 0 radical (unpaired) electrons. The van der Waals surface area contributed by atoms with Crippen LogP contribution in [0.4, 0.5) is 0 Å². The van der Waals surface area contributed by atoms with Crippen LogP contribution in [-0.4, -0.2) is 24.0 Å². The van der Waals surface area contributed by atoms with Crippen LogP contribution in [0.15, 0.2) is 12.1 Å². The van der Waals surface area contributed by atoms with E-state index in [4.69, 9.17) is 11.6 Å². The highest BCUT2D eigenvalue weighted by Crippen LogP contribution is 2.21. The molecule has 1 heterocycles. The van der Waals surface area contributed by atoms with Crippen molar-refractivity contribution >= 4 is 28.8 Å². The number of halogens is 1. The molecule has 1 unspecified atom stereocenters. The van der Waals surface area contributed by atoms with Crippen molar-refractivity contribution in [2.24, 2.45) is 0 Å². The summed E-state index contributed by atoms with van der Waals surface area (Å²) >= 11 is 7.44. The van der Waals surface area contributed by atoms with Gasteiger partial charge in [0.05, 0.1) is 10.4 Å². The summed E-state index contributed by atoms with van der Waals surface area (Å²) < 4.78 is 0.809. The van der Waals surface area contributed by atoms with Gasteiger partial charge in [0.15, 0.2) is 0 Å².